The van der Waals surface area contributed by atoms with Gasteiger partial charge < -0.3 is 19.9 Å². The van der Waals surface area contributed by atoms with Crippen LogP contribution in [0.5, 0.6) is 0 Å². The third-order valence-electron chi connectivity index (χ3n) is 6.58. The number of ether oxygens (including phenoxy) is 2. The van der Waals surface area contributed by atoms with Crippen molar-refractivity contribution < 1.29 is 24.2 Å². The van der Waals surface area contributed by atoms with Crippen molar-refractivity contribution in [3.05, 3.63) is 47.0 Å². The van der Waals surface area contributed by atoms with Crippen molar-refractivity contribution >= 4 is 23.0 Å². The topological polar surface area (TPSA) is 84.9 Å². The SMILES string of the molecule is C/C1=C/C(=O)O[C@@H]2C[C@@H](CC[C@H](C)c3ccccc3CC1)O[C@@](O)([C@@H]1CSC(=O)N1)C2. The van der Waals surface area contributed by atoms with Crippen LogP contribution in [-0.4, -0.2) is 46.1 Å². The number of allylic oxidation sites excluding steroid dienone is 1. The highest BCUT2D eigenvalue weighted by Gasteiger charge is 2.49. The minimum absolute atomic E-state index is 0.159. The van der Waals surface area contributed by atoms with Gasteiger partial charge in [-0.3, -0.25) is 4.79 Å². The Balaban J connectivity index is 1.60. The number of amides is 1. The van der Waals surface area contributed by atoms with Gasteiger partial charge in [0.05, 0.1) is 12.1 Å². The van der Waals surface area contributed by atoms with Crippen LogP contribution in [0.25, 0.3) is 0 Å². The first-order chi connectivity index (χ1) is 14.8. The molecule has 3 heterocycles. The number of aliphatic hydroxyl groups is 1. The Kier molecular flexibility index (Phi) is 6.74. The van der Waals surface area contributed by atoms with Crippen molar-refractivity contribution in [3.8, 4) is 0 Å². The van der Waals surface area contributed by atoms with Gasteiger partial charge in [-0.25, -0.2) is 4.79 Å². The van der Waals surface area contributed by atoms with E-state index in [4.69, 9.17) is 9.47 Å². The quantitative estimate of drug-likeness (QED) is 0.634. The molecule has 2 N–H and O–H groups in total. The lowest BCUT2D eigenvalue weighted by Gasteiger charge is -2.43. The van der Waals surface area contributed by atoms with Gasteiger partial charge >= 0.3 is 5.97 Å². The van der Waals surface area contributed by atoms with E-state index in [0.29, 0.717) is 18.1 Å². The van der Waals surface area contributed by atoms with Crippen molar-refractivity contribution in [1.29, 1.82) is 0 Å². The van der Waals surface area contributed by atoms with E-state index in [-0.39, 0.29) is 23.7 Å². The second kappa shape index (κ2) is 9.35. The Hall–Kier alpha value is -1.83. The molecule has 1 amide bonds. The summed E-state index contributed by atoms with van der Waals surface area (Å²) in [5, 5.41) is 13.9. The third kappa shape index (κ3) is 5.33. The van der Waals surface area contributed by atoms with E-state index < -0.39 is 17.9 Å². The van der Waals surface area contributed by atoms with Crippen LogP contribution in [0.3, 0.4) is 0 Å². The number of fused-ring (bicyclic) bond motifs is 3. The van der Waals surface area contributed by atoms with E-state index in [1.165, 1.54) is 11.1 Å². The number of nitrogens with one attached hydrogen (secondary N) is 1. The normalized spacial score (nSPS) is 36.4. The highest BCUT2D eigenvalue weighted by atomic mass is 32.2. The average molecular weight is 446 g/mol. The fraction of sp³-hybridized carbons (Fsp3) is 0.583. The van der Waals surface area contributed by atoms with Crippen molar-refractivity contribution in [2.45, 2.75) is 82.3 Å². The van der Waals surface area contributed by atoms with E-state index in [1.807, 2.05) is 6.92 Å². The smallest absolute Gasteiger partial charge is 0.330 e. The number of rotatable bonds is 1. The number of carbonyl (C=O) groups excluding carboxylic acids is 2. The number of benzene rings is 1. The Morgan fingerprint density at radius 2 is 1.97 bits per heavy atom. The van der Waals surface area contributed by atoms with Gasteiger partial charge in [-0.15, -0.1) is 0 Å². The first-order valence-electron chi connectivity index (χ1n) is 11.1. The van der Waals surface area contributed by atoms with Gasteiger partial charge in [-0.1, -0.05) is 48.5 Å². The van der Waals surface area contributed by atoms with Crippen molar-refractivity contribution in [3.63, 3.8) is 0 Å². The van der Waals surface area contributed by atoms with Crippen molar-refractivity contribution in [1.82, 2.24) is 5.32 Å². The minimum Gasteiger partial charge on any atom is -0.459 e. The molecular formula is C24H31NO5S. The number of esters is 1. The zero-order valence-electron chi connectivity index (χ0n) is 18.1. The fourth-order valence-corrected chi connectivity index (χ4v) is 5.73. The maximum absolute atomic E-state index is 12.6. The molecule has 3 aliphatic heterocycles. The van der Waals surface area contributed by atoms with E-state index in [0.717, 1.165) is 43.0 Å². The molecule has 2 bridgehead atoms. The minimum atomic E-state index is -1.54. The van der Waals surface area contributed by atoms with Gasteiger partial charge in [0.25, 0.3) is 5.24 Å². The molecule has 0 aliphatic carbocycles. The highest BCUT2D eigenvalue weighted by Crippen LogP contribution is 2.38. The Morgan fingerprint density at radius 3 is 2.74 bits per heavy atom. The highest BCUT2D eigenvalue weighted by molar-refractivity contribution is 8.14. The molecular weight excluding hydrogens is 414 g/mol. The molecule has 0 aromatic heterocycles. The fourth-order valence-electron chi connectivity index (χ4n) is 4.84. The van der Waals surface area contributed by atoms with Gasteiger partial charge in [0.15, 0.2) is 5.79 Å². The summed E-state index contributed by atoms with van der Waals surface area (Å²) >= 11 is 1.14. The molecule has 2 saturated heterocycles. The van der Waals surface area contributed by atoms with Gasteiger partial charge in [0.2, 0.25) is 0 Å². The molecule has 0 unspecified atom stereocenters. The number of thioether (sulfide) groups is 1. The zero-order chi connectivity index (χ0) is 22.0. The van der Waals surface area contributed by atoms with Gasteiger partial charge in [-0.05, 0) is 49.7 Å². The summed E-state index contributed by atoms with van der Waals surface area (Å²) in [7, 11) is 0. The Labute approximate surface area is 187 Å². The molecule has 2 fully saturated rings. The first-order valence-corrected chi connectivity index (χ1v) is 12.1. The maximum atomic E-state index is 12.6. The molecule has 168 valence electrons. The summed E-state index contributed by atoms with van der Waals surface area (Å²) in [6.45, 7) is 4.18. The van der Waals surface area contributed by atoms with Crippen LogP contribution in [-0.2, 0) is 20.7 Å². The van der Waals surface area contributed by atoms with Gasteiger partial charge in [0, 0.05) is 24.7 Å². The molecule has 5 atom stereocenters. The first kappa shape index (κ1) is 22.4. The molecule has 4 rings (SSSR count). The molecule has 3 aliphatic rings. The van der Waals surface area contributed by atoms with Gasteiger partial charge in [0.1, 0.15) is 6.10 Å². The second-order valence-electron chi connectivity index (χ2n) is 9.05. The van der Waals surface area contributed by atoms with Gasteiger partial charge in [-0.2, -0.15) is 0 Å². The summed E-state index contributed by atoms with van der Waals surface area (Å²) in [4.78, 5) is 24.3. The van der Waals surface area contributed by atoms with Crippen LogP contribution in [0, 0.1) is 0 Å². The predicted molar refractivity (Wildman–Crippen MR) is 120 cm³/mol. The lowest BCUT2D eigenvalue weighted by atomic mass is 9.86. The predicted octanol–water partition coefficient (Wildman–Crippen LogP) is 4.07. The monoisotopic (exact) mass is 445 g/mol. The van der Waals surface area contributed by atoms with Crippen LogP contribution in [0.4, 0.5) is 4.79 Å². The standard InChI is InChI=1S/C24H31NO5S/c1-15-7-9-17-5-3-4-6-20(17)16(2)8-10-18-12-19(29-22(26)11-15)13-24(28,30-18)21-14-31-23(27)25-21/h3-6,11,16,18-19,21,28H,7-10,12-14H2,1-2H3,(H,25,27)/b15-11-/t16-,18+,19+,21-,24+/m0/s1. The van der Waals surface area contributed by atoms with E-state index in [9.17, 15) is 14.7 Å². The van der Waals surface area contributed by atoms with Crippen molar-refractivity contribution in [2.24, 2.45) is 0 Å². The number of carbonyl (C=O) groups is 2. The number of aryl methyl sites for hydroxylation is 1. The second-order valence-corrected chi connectivity index (χ2v) is 10.0. The summed E-state index contributed by atoms with van der Waals surface area (Å²) in [6, 6.07) is 7.97. The summed E-state index contributed by atoms with van der Waals surface area (Å²) in [5.41, 5.74) is 3.61. The van der Waals surface area contributed by atoms with Crippen LogP contribution in [0.1, 0.15) is 63.0 Å². The summed E-state index contributed by atoms with van der Waals surface area (Å²) in [6.07, 6.45) is 4.90. The lowest BCUT2D eigenvalue weighted by Crippen LogP contribution is -2.58. The summed E-state index contributed by atoms with van der Waals surface area (Å²) in [5.74, 6) is -1.13. The number of hydrogen-bond acceptors (Lipinski definition) is 6. The van der Waals surface area contributed by atoms with Crippen LogP contribution >= 0.6 is 11.8 Å². The van der Waals surface area contributed by atoms with Crippen LogP contribution < -0.4 is 5.32 Å². The Morgan fingerprint density at radius 1 is 1.16 bits per heavy atom. The zero-order valence-corrected chi connectivity index (χ0v) is 19.0. The van der Waals surface area contributed by atoms with Crippen molar-refractivity contribution in [2.75, 3.05) is 5.75 Å². The average Bonchev–Trinajstić information content (AvgIpc) is 3.17. The molecule has 1 aromatic rings. The van der Waals surface area contributed by atoms with E-state index in [2.05, 4.69) is 36.5 Å². The largest absolute Gasteiger partial charge is 0.459 e. The third-order valence-corrected chi connectivity index (χ3v) is 7.46. The molecule has 6 nitrogen and oxygen atoms in total. The van der Waals surface area contributed by atoms with E-state index in [1.54, 1.807) is 6.08 Å². The number of hydrogen-bond donors (Lipinski definition) is 2. The van der Waals surface area contributed by atoms with E-state index >= 15 is 0 Å². The molecule has 0 spiro atoms. The lowest BCUT2D eigenvalue weighted by molar-refractivity contribution is -0.283. The maximum Gasteiger partial charge on any atom is 0.330 e. The molecule has 31 heavy (non-hydrogen) atoms. The molecule has 0 saturated carbocycles. The summed E-state index contributed by atoms with van der Waals surface area (Å²) < 4.78 is 11.9. The van der Waals surface area contributed by atoms with Crippen LogP contribution in [0.2, 0.25) is 0 Å². The molecule has 7 heteroatoms. The van der Waals surface area contributed by atoms with Crippen LogP contribution in [0.15, 0.2) is 35.9 Å². The molecule has 0 radical (unpaired) electrons. The Bertz CT molecular complexity index is 871. The molecule has 1 aromatic carbocycles.